The molecule has 2 amide bonds. The lowest BCUT2D eigenvalue weighted by Gasteiger charge is -2.16. The Morgan fingerprint density at radius 3 is 2.40 bits per heavy atom. The fourth-order valence-electron chi connectivity index (χ4n) is 2.57. The van der Waals surface area contributed by atoms with E-state index in [0.717, 1.165) is 15.6 Å². The number of benzene rings is 2. The van der Waals surface area contributed by atoms with Crippen LogP contribution in [0.15, 0.2) is 40.9 Å². The van der Waals surface area contributed by atoms with Crippen LogP contribution in [0, 0.1) is 13.8 Å². The van der Waals surface area contributed by atoms with Crippen LogP contribution in [0.25, 0.3) is 0 Å². The van der Waals surface area contributed by atoms with Gasteiger partial charge in [-0.1, -0.05) is 34.1 Å². The fourth-order valence-corrected chi connectivity index (χ4v) is 3.07. The lowest BCUT2D eigenvalue weighted by Crippen LogP contribution is -2.49. The highest BCUT2D eigenvalue weighted by molar-refractivity contribution is 9.10. The molecule has 0 bridgehead atoms. The third-order valence-corrected chi connectivity index (χ3v) is 4.55. The Kier molecular flexibility index (Phi) is 8.61. The van der Waals surface area contributed by atoms with Crippen LogP contribution in [0.1, 0.15) is 35.3 Å². The van der Waals surface area contributed by atoms with E-state index in [1.165, 1.54) is 0 Å². The Morgan fingerprint density at radius 1 is 1.10 bits per heavy atom. The van der Waals surface area contributed by atoms with E-state index in [4.69, 9.17) is 21.7 Å². The number of carbonyl (C=O) groups excluding carboxylic acids is 2. The topological polar surface area (TPSA) is 88.7 Å². The number of amides is 2. The average molecular weight is 494 g/mol. The van der Waals surface area contributed by atoms with Crippen LogP contribution in [0.3, 0.4) is 0 Å². The smallest absolute Gasteiger partial charge is 0.276 e. The second-order valence-corrected chi connectivity index (χ2v) is 8.10. The zero-order valence-corrected chi connectivity index (χ0v) is 19.6. The van der Waals surface area contributed by atoms with Gasteiger partial charge in [0.25, 0.3) is 11.8 Å². The molecule has 2 aromatic rings. The van der Waals surface area contributed by atoms with Gasteiger partial charge < -0.3 is 9.47 Å². The van der Waals surface area contributed by atoms with Crippen LogP contribution in [0.4, 0.5) is 0 Å². The third-order valence-electron chi connectivity index (χ3n) is 3.85. The summed E-state index contributed by atoms with van der Waals surface area (Å²) >= 11 is 8.42. The van der Waals surface area contributed by atoms with E-state index in [9.17, 15) is 9.59 Å². The Labute approximate surface area is 189 Å². The molecular formula is C21H24BrN3O4S. The molecule has 0 aliphatic heterocycles. The SMILES string of the molecule is Cc1cccc(C)c1OCC(=O)NNC(=S)NC(=O)c1cc(Br)ccc1OC(C)C. The Bertz CT molecular complexity index is 930. The van der Waals surface area contributed by atoms with Crippen LogP contribution in [-0.4, -0.2) is 29.6 Å². The summed E-state index contributed by atoms with van der Waals surface area (Å²) in [5, 5.41) is 2.45. The predicted octanol–water partition coefficient (Wildman–Crippen LogP) is 3.57. The van der Waals surface area contributed by atoms with Gasteiger partial charge in [-0.25, -0.2) is 0 Å². The van der Waals surface area contributed by atoms with Gasteiger partial charge in [-0.2, -0.15) is 0 Å². The van der Waals surface area contributed by atoms with Crippen molar-refractivity contribution < 1.29 is 19.1 Å². The lowest BCUT2D eigenvalue weighted by molar-refractivity contribution is -0.123. The van der Waals surface area contributed by atoms with Crippen molar-refractivity contribution in [1.82, 2.24) is 16.2 Å². The summed E-state index contributed by atoms with van der Waals surface area (Å²) in [6.45, 7) is 7.34. The summed E-state index contributed by atoms with van der Waals surface area (Å²) < 4.78 is 12.0. The molecule has 0 saturated heterocycles. The minimum atomic E-state index is -0.467. The first kappa shape index (κ1) is 23.6. The number of hydrogen-bond donors (Lipinski definition) is 3. The summed E-state index contributed by atoms with van der Waals surface area (Å²) in [4.78, 5) is 24.6. The van der Waals surface area contributed by atoms with Crippen molar-refractivity contribution >= 4 is 45.1 Å². The van der Waals surface area contributed by atoms with Crippen LogP contribution in [0.2, 0.25) is 0 Å². The molecule has 0 atom stereocenters. The number of halogens is 1. The number of hydrazine groups is 1. The van der Waals surface area contributed by atoms with Crippen molar-refractivity contribution in [1.29, 1.82) is 0 Å². The second-order valence-electron chi connectivity index (χ2n) is 6.77. The van der Waals surface area contributed by atoms with Gasteiger partial charge in [-0.3, -0.25) is 25.8 Å². The molecular weight excluding hydrogens is 470 g/mol. The van der Waals surface area contributed by atoms with E-state index in [1.807, 2.05) is 45.9 Å². The molecule has 0 unspecified atom stereocenters. The van der Waals surface area contributed by atoms with Gasteiger partial charge in [0, 0.05) is 4.47 Å². The number of ether oxygens (including phenoxy) is 2. The zero-order valence-electron chi connectivity index (χ0n) is 17.2. The van der Waals surface area contributed by atoms with Crippen LogP contribution < -0.4 is 25.6 Å². The van der Waals surface area contributed by atoms with Crippen molar-refractivity contribution in [3.8, 4) is 11.5 Å². The van der Waals surface area contributed by atoms with Gasteiger partial charge in [-0.15, -0.1) is 0 Å². The van der Waals surface area contributed by atoms with E-state index < -0.39 is 11.8 Å². The van der Waals surface area contributed by atoms with Crippen LogP contribution >= 0.6 is 28.1 Å². The van der Waals surface area contributed by atoms with Gasteiger partial charge in [0.05, 0.1) is 11.7 Å². The molecule has 0 aliphatic rings. The number of nitrogens with one attached hydrogen (secondary N) is 3. The number of carbonyl (C=O) groups is 2. The van der Waals surface area contributed by atoms with E-state index in [-0.39, 0.29) is 17.8 Å². The molecule has 2 aromatic carbocycles. The van der Waals surface area contributed by atoms with Crippen molar-refractivity contribution in [2.45, 2.75) is 33.8 Å². The summed E-state index contributed by atoms with van der Waals surface area (Å²) in [6.07, 6.45) is -0.0982. The molecule has 0 aromatic heterocycles. The number of aryl methyl sites for hydroxylation is 2. The van der Waals surface area contributed by atoms with Crippen LogP contribution in [-0.2, 0) is 4.79 Å². The quantitative estimate of drug-likeness (QED) is 0.421. The molecule has 0 heterocycles. The normalized spacial score (nSPS) is 10.3. The molecule has 30 heavy (non-hydrogen) atoms. The molecule has 9 heteroatoms. The molecule has 2 rings (SSSR count). The number of thiocarbonyl (C=S) groups is 1. The molecule has 0 spiro atoms. The maximum Gasteiger partial charge on any atom is 0.276 e. The van der Waals surface area contributed by atoms with Gasteiger partial charge in [0.15, 0.2) is 11.7 Å². The van der Waals surface area contributed by atoms with Crippen molar-refractivity contribution in [2.24, 2.45) is 0 Å². The van der Waals surface area contributed by atoms with Gasteiger partial charge in [0.2, 0.25) is 0 Å². The Hall–Kier alpha value is -2.65. The fraction of sp³-hybridized carbons (Fsp3) is 0.286. The maximum absolute atomic E-state index is 12.6. The molecule has 7 nitrogen and oxygen atoms in total. The molecule has 3 N–H and O–H groups in total. The maximum atomic E-state index is 12.6. The van der Waals surface area contributed by atoms with E-state index in [2.05, 4.69) is 32.1 Å². The molecule has 0 radical (unpaired) electrons. The van der Waals surface area contributed by atoms with E-state index in [0.29, 0.717) is 17.1 Å². The average Bonchev–Trinajstić information content (AvgIpc) is 2.67. The highest BCUT2D eigenvalue weighted by Gasteiger charge is 2.16. The summed E-state index contributed by atoms with van der Waals surface area (Å²) in [6, 6.07) is 10.8. The third kappa shape index (κ3) is 7.00. The minimum absolute atomic E-state index is 0.0594. The first-order valence-electron chi connectivity index (χ1n) is 9.22. The number of rotatable bonds is 6. The first-order chi connectivity index (χ1) is 14.2. The van der Waals surface area contributed by atoms with E-state index >= 15 is 0 Å². The van der Waals surface area contributed by atoms with Crippen molar-refractivity contribution in [2.75, 3.05) is 6.61 Å². The molecule has 0 aliphatic carbocycles. The largest absolute Gasteiger partial charge is 0.490 e. The highest BCUT2D eigenvalue weighted by Crippen LogP contribution is 2.24. The highest BCUT2D eigenvalue weighted by atomic mass is 79.9. The van der Waals surface area contributed by atoms with Crippen molar-refractivity contribution in [3.05, 3.63) is 57.6 Å². The van der Waals surface area contributed by atoms with Gasteiger partial charge in [0.1, 0.15) is 11.5 Å². The standard InChI is InChI=1S/C21H24BrN3O4S/c1-12(2)29-17-9-8-15(22)10-16(17)20(27)23-21(30)25-24-18(26)11-28-19-13(3)6-5-7-14(19)4/h5-10,12H,11H2,1-4H3,(H,24,26)(H2,23,25,27,30). The van der Waals surface area contributed by atoms with Crippen LogP contribution in [0.5, 0.6) is 11.5 Å². The van der Waals surface area contributed by atoms with Gasteiger partial charge >= 0.3 is 0 Å². The van der Waals surface area contributed by atoms with E-state index in [1.54, 1.807) is 18.2 Å². The lowest BCUT2D eigenvalue weighted by atomic mass is 10.1. The molecule has 0 saturated carbocycles. The summed E-state index contributed by atoms with van der Waals surface area (Å²) in [7, 11) is 0. The molecule has 0 fully saturated rings. The Balaban J connectivity index is 1.88. The van der Waals surface area contributed by atoms with Gasteiger partial charge in [-0.05, 0) is 69.2 Å². The number of para-hydroxylation sites is 1. The summed E-state index contributed by atoms with van der Waals surface area (Å²) in [5.74, 6) is 0.182. The predicted molar refractivity (Wildman–Crippen MR) is 123 cm³/mol. The Morgan fingerprint density at radius 2 is 1.77 bits per heavy atom. The number of hydrogen-bond acceptors (Lipinski definition) is 5. The minimum Gasteiger partial charge on any atom is -0.490 e. The zero-order chi connectivity index (χ0) is 22.3. The summed E-state index contributed by atoms with van der Waals surface area (Å²) in [5.41, 5.74) is 7.07. The monoisotopic (exact) mass is 493 g/mol. The first-order valence-corrected chi connectivity index (χ1v) is 10.4. The second kappa shape index (κ2) is 10.9. The molecule has 160 valence electrons. The van der Waals surface area contributed by atoms with Crippen molar-refractivity contribution in [3.63, 3.8) is 0 Å².